The number of hydrogen-bond donors (Lipinski definition) is 3. The maximum absolute atomic E-state index is 14.2. The zero-order valence-electron chi connectivity index (χ0n) is 27.1. The first-order chi connectivity index (χ1) is 23.0. The summed E-state index contributed by atoms with van der Waals surface area (Å²) in [6, 6.07) is 10.2. The van der Waals surface area contributed by atoms with Crippen molar-refractivity contribution in [3.63, 3.8) is 0 Å². The average Bonchev–Trinajstić information content (AvgIpc) is 3.43. The van der Waals surface area contributed by atoms with Crippen molar-refractivity contribution >= 4 is 42.8 Å². The number of aliphatic hydroxyl groups is 1. The molecule has 14 heteroatoms. The SMILES string of the molecule is CC(C)CN(C[C@@H](O)[C@H](Cc1cccc(F)c1)NC(=O)O[C@@H]1CC2CCO[C@@H]3OC[C@H]1[C@H]23)S(=O)(=O)c1ccc2nc(NC3CC3)sc2c1. The molecule has 0 radical (unpaired) electrons. The molecule has 2 saturated carbocycles. The van der Waals surface area contributed by atoms with E-state index in [4.69, 9.17) is 14.2 Å². The number of halogens is 1. The fourth-order valence-corrected chi connectivity index (χ4v) is 10.0. The Balaban J connectivity index is 1.09. The molecule has 48 heavy (non-hydrogen) atoms. The normalized spacial score (nSPS) is 26.5. The molecule has 2 aliphatic heterocycles. The number of ether oxygens (including phenoxy) is 3. The third-order valence-electron chi connectivity index (χ3n) is 9.82. The predicted molar refractivity (Wildman–Crippen MR) is 179 cm³/mol. The number of alkyl carbamates (subject to hydrolysis) is 1. The van der Waals surface area contributed by atoms with E-state index in [1.54, 1.807) is 30.3 Å². The molecular formula is C34H43FN4O7S2. The van der Waals surface area contributed by atoms with Gasteiger partial charge in [0, 0.05) is 31.0 Å². The van der Waals surface area contributed by atoms with Crippen molar-refractivity contribution in [1.82, 2.24) is 14.6 Å². The quantitative estimate of drug-likeness (QED) is 0.230. The van der Waals surface area contributed by atoms with E-state index in [0.717, 1.165) is 29.1 Å². The summed E-state index contributed by atoms with van der Waals surface area (Å²) in [7, 11) is -4.06. The Bertz CT molecular complexity index is 1730. The third kappa shape index (κ3) is 7.34. The van der Waals surface area contributed by atoms with Crippen LogP contribution >= 0.6 is 11.3 Å². The third-order valence-corrected chi connectivity index (χ3v) is 12.6. The lowest BCUT2D eigenvalue weighted by Gasteiger charge is -2.31. The maximum Gasteiger partial charge on any atom is 0.407 e. The second kappa shape index (κ2) is 13.8. The van der Waals surface area contributed by atoms with Gasteiger partial charge in [-0.3, -0.25) is 0 Å². The number of anilines is 1. The fourth-order valence-electron chi connectivity index (χ4n) is 7.34. The van der Waals surface area contributed by atoms with Crippen molar-refractivity contribution in [3.05, 3.63) is 53.8 Å². The second-order valence-electron chi connectivity index (χ2n) is 14.0. The van der Waals surface area contributed by atoms with E-state index in [1.165, 1.54) is 27.8 Å². The van der Waals surface area contributed by atoms with Gasteiger partial charge in [0.25, 0.3) is 0 Å². The Hall–Kier alpha value is -2.88. The summed E-state index contributed by atoms with van der Waals surface area (Å²) in [6.45, 7) is 4.72. The Morgan fingerprint density at radius 1 is 1.17 bits per heavy atom. The number of carbonyl (C=O) groups excluding carboxylic acids is 1. The number of amides is 1. The average molecular weight is 703 g/mol. The number of aromatic nitrogens is 1. The molecule has 4 fully saturated rings. The van der Waals surface area contributed by atoms with Gasteiger partial charge in [-0.15, -0.1) is 0 Å². The topological polar surface area (TPSA) is 139 Å². The number of nitrogens with zero attached hydrogens (tertiary/aromatic N) is 2. The molecule has 0 bridgehead atoms. The molecule has 3 aromatic rings. The van der Waals surface area contributed by atoms with Crippen LogP contribution in [-0.4, -0.2) is 85.8 Å². The van der Waals surface area contributed by atoms with E-state index >= 15 is 0 Å². The van der Waals surface area contributed by atoms with Crippen LogP contribution in [0.4, 0.5) is 14.3 Å². The van der Waals surface area contributed by atoms with Crippen LogP contribution in [0.1, 0.15) is 45.1 Å². The lowest BCUT2D eigenvalue weighted by atomic mass is 9.87. The van der Waals surface area contributed by atoms with Crippen molar-refractivity contribution in [3.8, 4) is 0 Å². The highest BCUT2D eigenvalue weighted by atomic mass is 32.2. The smallest absolute Gasteiger partial charge is 0.407 e. The minimum atomic E-state index is -4.06. The fraction of sp³-hybridized carbons (Fsp3) is 0.588. The van der Waals surface area contributed by atoms with Gasteiger partial charge in [0.2, 0.25) is 10.0 Å². The van der Waals surface area contributed by atoms with E-state index in [1.807, 2.05) is 13.8 Å². The van der Waals surface area contributed by atoms with Crippen LogP contribution in [0.2, 0.25) is 0 Å². The second-order valence-corrected chi connectivity index (χ2v) is 16.9. The number of benzene rings is 2. The standard InChI is InChI=1S/C34H43FN4O7S2/c1-19(2)16-39(48(42,43)24-8-9-26-30(15-24)47-33(37-26)36-23-6-7-23)17-28(40)27(13-20-4-3-5-22(35)12-20)38-34(41)46-29-14-21-10-11-44-32-31(21)25(29)18-45-32/h3-5,8-9,12,15,19,21,23,25,27-29,31-32,40H,6-7,10-11,13-14,16-18H2,1-2H3,(H,36,37)(H,38,41)/t21?,25-,27+,28-,29-,31+,32-/m1/s1. The van der Waals surface area contributed by atoms with Crippen LogP contribution in [0.5, 0.6) is 0 Å². The van der Waals surface area contributed by atoms with Crippen LogP contribution in [0, 0.1) is 29.5 Å². The van der Waals surface area contributed by atoms with Crippen molar-refractivity contribution in [2.24, 2.45) is 23.7 Å². The van der Waals surface area contributed by atoms with Gasteiger partial charge in [0.05, 0.1) is 40.5 Å². The molecule has 7 rings (SSSR count). The molecule has 3 heterocycles. The first-order valence-corrected chi connectivity index (χ1v) is 19.1. The number of aliphatic hydroxyl groups excluding tert-OH is 1. The summed E-state index contributed by atoms with van der Waals surface area (Å²) in [5.74, 6) is 0.0574. The lowest BCUT2D eigenvalue weighted by molar-refractivity contribution is -0.164. The van der Waals surface area contributed by atoms with Gasteiger partial charge in [0.1, 0.15) is 11.9 Å². The monoisotopic (exact) mass is 702 g/mol. The van der Waals surface area contributed by atoms with Crippen LogP contribution in [0.3, 0.4) is 0 Å². The highest BCUT2D eigenvalue weighted by Crippen LogP contribution is 2.50. The number of rotatable bonds is 13. The molecule has 1 aromatic heterocycles. The molecule has 260 valence electrons. The van der Waals surface area contributed by atoms with Crippen molar-refractivity contribution in [1.29, 1.82) is 0 Å². The number of sulfonamides is 1. The van der Waals surface area contributed by atoms with Gasteiger partial charge in [0.15, 0.2) is 11.4 Å². The van der Waals surface area contributed by atoms with E-state index in [0.29, 0.717) is 42.7 Å². The van der Waals surface area contributed by atoms with Gasteiger partial charge in [-0.05, 0) is 79.8 Å². The number of fused-ring (bicyclic) bond motifs is 1. The Labute approximate surface area is 284 Å². The van der Waals surface area contributed by atoms with Gasteiger partial charge in [-0.25, -0.2) is 22.6 Å². The molecule has 1 amide bonds. The molecular weight excluding hydrogens is 660 g/mol. The number of hydrogen-bond acceptors (Lipinski definition) is 10. The Morgan fingerprint density at radius 2 is 2.00 bits per heavy atom. The molecule has 2 aliphatic carbocycles. The van der Waals surface area contributed by atoms with Crippen LogP contribution in [-0.2, 0) is 30.7 Å². The minimum Gasteiger partial charge on any atom is -0.446 e. The molecule has 4 aliphatic rings. The summed E-state index contributed by atoms with van der Waals surface area (Å²) in [4.78, 5) is 18.1. The van der Waals surface area contributed by atoms with E-state index in [-0.39, 0.29) is 54.6 Å². The predicted octanol–water partition coefficient (Wildman–Crippen LogP) is 4.75. The van der Waals surface area contributed by atoms with Crippen LogP contribution < -0.4 is 10.6 Å². The van der Waals surface area contributed by atoms with E-state index in [9.17, 15) is 22.7 Å². The first kappa shape index (κ1) is 33.6. The van der Waals surface area contributed by atoms with Crippen LogP contribution in [0.15, 0.2) is 47.4 Å². The Morgan fingerprint density at radius 3 is 2.77 bits per heavy atom. The zero-order valence-corrected chi connectivity index (χ0v) is 28.7. The molecule has 2 aromatic carbocycles. The Kier molecular flexibility index (Phi) is 9.66. The summed E-state index contributed by atoms with van der Waals surface area (Å²) in [5.41, 5.74) is 1.25. The highest BCUT2D eigenvalue weighted by Gasteiger charge is 2.55. The van der Waals surface area contributed by atoms with Crippen molar-refractivity contribution in [2.45, 2.75) is 81.4 Å². The molecule has 3 N–H and O–H groups in total. The van der Waals surface area contributed by atoms with Gasteiger partial charge in [-0.1, -0.05) is 37.3 Å². The summed E-state index contributed by atoms with van der Waals surface area (Å²) in [5, 5.41) is 18.6. The molecule has 1 unspecified atom stereocenters. The first-order valence-electron chi connectivity index (χ1n) is 16.8. The van der Waals surface area contributed by atoms with Gasteiger partial charge in [-0.2, -0.15) is 4.31 Å². The number of carbonyl (C=O) groups is 1. The minimum absolute atomic E-state index is 0.0285. The molecule has 11 nitrogen and oxygen atoms in total. The highest BCUT2D eigenvalue weighted by molar-refractivity contribution is 7.89. The van der Waals surface area contributed by atoms with Crippen LogP contribution in [0.25, 0.3) is 10.2 Å². The van der Waals surface area contributed by atoms with Crippen molar-refractivity contribution in [2.75, 3.05) is 31.6 Å². The molecule has 2 saturated heterocycles. The zero-order chi connectivity index (χ0) is 33.6. The molecule has 0 spiro atoms. The number of nitrogens with one attached hydrogen (secondary N) is 2. The maximum atomic E-state index is 14.2. The summed E-state index contributed by atoms with van der Waals surface area (Å²) >= 11 is 1.41. The largest absolute Gasteiger partial charge is 0.446 e. The van der Waals surface area contributed by atoms with Gasteiger partial charge < -0.3 is 30.0 Å². The van der Waals surface area contributed by atoms with E-state index in [2.05, 4.69) is 15.6 Å². The summed E-state index contributed by atoms with van der Waals surface area (Å²) < 4.78 is 61.9. The van der Waals surface area contributed by atoms with Gasteiger partial charge >= 0.3 is 6.09 Å². The lowest BCUT2D eigenvalue weighted by Crippen LogP contribution is -2.51. The van der Waals surface area contributed by atoms with E-state index < -0.39 is 34.1 Å². The van der Waals surface area contributed by atoms with Crippen molar-refractivity contribution < 1.29 is 36.9 Å². The summed E-state index contributed by atoms with van der Waals surface area (Å²) in [6.07, 6.45) is 1.18. The number of thiazole rings is 1. The molecule has 7 atom stereocenters.